The van der Waals surface area contributed by atoms with Crippen LogP contribution in [0.5, 0.6) is 5.75 Å². The molecule has 0 bridgehead atoms. The summed E-state index contributed by atoms with van der Waals surface area (Å²) in [5, 5.41) is 0.552. The number of ether oxygens (including phenoxy) is 1. The first kappa shape index (κ1) is 12.2. The lowest BCUT2D eigenvalue weighted by Crippen LogP contribution is -2.01. The van der Waals surface area contributed by atoms with E-state index in [4.69, 9.17) is 22.1 Å². The van der Waals surface area contributed by atoms with E-state index in [0.717, 1.165) is 10.2 Å². The quantitative estimate of drug-likeness (QED) is 0.940. The van der Waals surface area contributed by atoms with Crippen molar-refractivity contribution in [1.29, 1.82) is 0 Å². The molecule has 0 aliphatic heterocycles. The molecular formula is C12H10BrClN2O. The molecule has 88 valence electrons. The molecule has 0 atom stereocenters. The number of rotatable bonds is 3. The zero-order valence-electron chi connectivity index (χ0n) is 8.86. The molecule has 1 aromatic carbocycles. The van der Waals surface area contributed by atoms with Crippen LogP contribution in [0.3, 0.4) is 0 Å². The Kier molecular flexibility index (Phi) is 3.86. The SMILES string of the molecule is Nc1ccc(Cl)c(COc2ccc(Br)cc2)n1. The van der Waals surface area contributed by atoms with Crippen molar-refractivity contribution in [2.75, 3.05) is 5.73 Å². The van der Waals surface area contributed by atoms with Crippen LogP contribution in [0.15, 0.2) is 40.9 Å². The van der Waals surface area contributed by atoms with E-state index in [1.54, 1.807) is 12.1 Å². The number of hydrogen-bond acceptors (Lipinski definition) is 3. The number of nitrogen functional groups attached to an aromatic ring is 1. The van der Waals surface area contributed by atoms with Crippen molar-refractivity contribution < 1.29 is 4.74 Å². The van der Waals surface area contributed by atoms with Crippen molar-refractivity contribution in [3.63, 3.8) is 0 Å². The Bertz CT molecular complexity index is 516. The fourth-order valence-corrected chi connectivity index (χ4v) is 1.71. The molecule has 0 saturated carbocycles. The molecule has 2 N–H and O–H groups in total. The normalized spacial score (nSPS) is 10.2. The lowest BCUT2D eigenvalue weighted by Gasteiger charge is -2.07. The number of aromatic nitrogens is 1. The fourth-order valence-electron chi connectivity index (χ4n) is 1.28. The molecular weight excluding hydrogens is 304 g/mol. The minimum absolute atomic E-state index is 0.297. The summed E-state index contributed by atoms with van der Waals surface area (Å²) in [7, 11) is 0. The van der Waals surface area contributed by atoms with Gasteiger partial charge in [0.2, 0.25) is 0 Å². The number of benzene rings is 1. The largest absolute Gasteiger partial charge is 0.487 e. The van der Waals surface area contributed by atoms with E-state index in [-0.39, 0.29) is 0 Å². The molecule has 3 nitrogen and oxygen atoms in total. The highest BCUT2D eigenvalue weighted by atomic mass is 79.9. The Morgan fingerprint density at radius 2 is 1.88 bits per heavy atom. The summed E-state index contributed by atoms with van der Waals surface area (Å²) in [5.41, 5.74) is 6.22. The lowest BCUT2D eigenvalue weighted by atomic mass is 10.3. The maximum atomic E-state index is 5.98. The van der Waals surface area contributed by atoms with Crippen LogP contribution in [0.4, 0.5) is 5.82 Å². The number of halogens is 2. The molecule has 2 rings (SSSR count). The Morgan fingerprint density at radius 3 is 2.59 bits per heavy atom. The highest BCUT2D eigenvalue weighted by molar-refractivity contribution is 9.10. The first-order chi connectivity index (χ1) is 8.15. The maximum Gasteiger partial charge on any atom is 0.132 e. The molecule has 0 unspecified atom stereocenters. The average molecular weight is 314 g/mol. The Balaban J connectivity index is 2.07. The molecule has 0 spiro atoms. The van der Waals surface area contributed by atoms with E-state index in [9.17, 15) is 0 Å². The first-order valence-corrected chi connectivity index (χ1v) is 6.11. The third-order valence-corrected chi connectivity index (χ3v) is 3.00. The third kappa shape index (κ3) is 3.35. The van der Waals surface area contributed by atoms with Crippen LogP contribution >= 0.6 is 27.5 Å². The number of hydrogen-bond donors (Lipinski definition) is 1. The second kappa shape index (κ2) is 5.38. The fraction of sp³-hybridized carbons (Fsp3) is 0.0833. The summed E-state index contributed by atoms with van der Waals surface area (Å²) < 4.78 is 6.56. The van der Waals surface area contributed by atoms with Gasteiger partial charge in [0.05, 0.1) is 10.7 Å². The van der Waals surface area contributed by atoms with E-state index < -0.39 is 0 Å². The molecule has 0 fully saturated rings. The molecule has 1 aromatic heterocycles. The number of nitrogens with zero attached hydrogens (tertiary/aromatic N) is 1. The van der Waals surface area contributed by atoms with Crippen LogP contribution in [0.25, 0.3) is 0 Å². The van der Waals surface area contributed by atoms with Crippen molar-refractivity contribution in [3.05, 3.63) is 51.6 Å². The van der Waals surface area contributed by atoms with Gasteiger partial charge >= 0.3 is 0 Å². The van der Waals surface area contributed by atoms with Gasteiger partial charge in [-0.1, -0.05) is 27.5 Å². The topological polar surface area (TPSA) is 48.1 Å². The van der Waals surface area contributed by atoms with Gasteiger partial charge in [0.15, 0.2) is 0 Å². The van der Waals surface area contributed by atoms with Gasteiger partial charge in [0.1, 0.15) is 18.2 Å². The van der Waals surface area contributed by atoms with Crippen LogP contribution in [0.1, 0.15) is 5.69 Å². The Labute approximate surface area is 113 Å². The Hall–Kier alpha value is -1.26. The monoisotopic (exact) mass is 312 g/mol. The first-order valence-electron chi connectivity index (χ1n) is 4.94. The van der Waals surface area contributed by atoms with E-state index in [0.29, 0.717) is 23.1 Å². The lowest BCUT2D eigenvalue weighted by molar-refractivity contribution is 0.301. The minimum atomic E-state index is 0.297. The summed E-state index contributed by atoms with van der Waals surface area (Å²) in [5.74, 6) is 1.19. The summed E-state index contributed by atoms with van der Waals surface area (Å²) in [6, 6.07) is 10.9. The van der Waals surface area contributed by atoms with Gasteiger partial charge in [-0.15, -0.1) is 0 Å². The van der Waals surface area contributed by atoms with Gasteiger partial charge in [-0.25, -0.2) is 4.98 Å². The van der Waals surface area contributed by atoms with Crippen LogP contribution in [0, 0.1) is 0 Å². The van der Waals surface area contributed by atoms with Gasteiger partial charge in [-0.3, -0.25) is 0 Å². The second-order valence-corrected chi connectivity index (χ2v) is 4.73. The van der Waals surface area contributed by atoms with Crippen molar-refractivity contribution in [3.8, 4) is 5.75 Å². The van der Waals surface area contributed by atoms with E-state index in [1.807, 2.05) is 24.3 Å². The van der Waals surface area contributed by atoms with Crippen molar-refractivity contribution in [2.24, 2.45) is 0 Å². The van der Waals surface area contributed by atoms with E-state index in [1.165, 1.54) is 0 Å². The van der Waals surface area contributed by atoms with Gasteiger partial charge in [0, 0.05) is 4.47 Å². The highest BCUT2D eigenvalue weighted by Crippen LogP contribution is 2.20. The van der Waals surface area contributed by atoms with Gasteiger partial charge in [-0.05, 0) is 36.4 Å². The predicted molar refractivity (Wildman–Crippen MR) is 72.1 cm³/mol. The highest BCUT2D eigenvalue weighted by Gasteiger charge is 2.03. The summed E-state index contributed by atoms with van der Waals surface area (Å²) in [6.45, 7) is 0.297. The molecule has 0 aliphatic rings. The molecule has 2 aromatic rings. The van der Waals surface area contributed by atoms with Gasteiger partial charge in [-0.2, -0.15) is 0 Å². The summed E-state index contributed by atoms with van der Waals surface area (Å²) >= 11 is 9.34. The molecule has 0 radical (unpaired) electrons. The van der Waals surface area contributed by atoms with Crippen molar-refractivity contribution in [1.82, 2.24) is 4.98 Å². The smallest absolute Gasteiger partial charge is 0.132 e. The zero-order chi connectivity index (χ0) is 12.3. The Morgan fingerprint density at radius 1 is 1.18 bits per heavy atom. The van der Waals surface area contributed by atoms with Crippen molar-refractivity contribution >= 4 is 33.3 Å². The number of anilines is 1. The minimum Gasteiger partial charge on any atom is -0.487 e. The predicted octanol–water partition coefficient (Wildman–Crippen LogP) is 3.66. The van der Waals surface area contributed by atoms with E-state index in [2.05, 4.69) is 20.9 Å². The molecule has 0 aliphatic carbocycles. The van der Waals surface area contributed by atoms with Gasteiger partial charge < -0.3 is 10.5 Å². The van der Waals surface area contributed by atoms with E-state index >= 15 is 0 Å². The number of nitrogens with two attached hydrogens (primary N) is 1. The molecule has 17 heavy (non-hydrogen) atoms. The zero-order valence-corrected chi connectivity index (χ0v) is 11.2. The molecule has 0 amide bonds. The molecule has 5 heteroatoms. The van der Waals surface area contributed by atoms with Crippen LogP contribution in [-0.4, -0.2) is 4.98 Å². The second-order valence-electron chi connectivity index (χ2n) is 3.41. The third-order valence-electron chi connectivity index (χ3n) is 2.13. The standard InChI is InChI=1S/C12H10BrClN2O/c13-8-1-3-9(4-2-8)17-7-11-10(14)5-6-12(15)16-11/h1-6H,7H2,(H2,15,16). The summed E-state index contributed by atoms with van der Waals surface area (Å²) in [6.07, 6.45) is 0. The molecule has 0 saturated heterocycles. The maximum absolute atomic E-state index is 5.98. The number of pyridine rings is 1. The van der Waals surface area contributed by atoms with Crippen LogP contribution in [-0.2, 0) is 6.61 Å². The average Bonchev–Trinajstić information content (AvgIpc) is 2.32. The summed E-state index contributed by atoms with van der Waals surface area (Å²) in [4.78, 5) is 4.12. The molecule has 1 heterocycles. The van der Waals surface area contributed by atoms with Gasteiger partial charge in [0.25, 0.3) is 0 Å². The van der Waals surface area contributed by atoms with Crippen molar-refractivity contribution in [2.45, 2.75) is 6.61 Å². The van der Waals surface area contributed by atoms with Crippen LogP contribution in [0.2, 0.25) is 5.02 Å². The van der Waals surface area contributed by atoms with Crippen LogP contribution < -0.4 is 10.5 Å².